The molecule has 2 aromatic carbocycles. The van der Waals surface area contributed by atoms with E-state index in [-0.39, 0.29) is 24.2 Å². The van der Waals surface area contributed by atoms with Crippen LogP contribution in [0.25, 0.3) is 11.1 Å². The fourth-order valence-corrected chi connectivity index (χ4v) is 5.46. The minimum atomic E-state index is -3.36. The predicted octanol–water partition coefficient (Wildman–Crippen LogP) is 2.71. The topological polar surface area (TPSA) is 69.7 Å². The number of likely N-dealkylation sites (N-methyl/N-ethyl adjacent to an activating group) is 1. The van der Waals surface area contributed by atoms with Gasteiger partial charge < -0.3 is 9.80 Å². The molecule has 154 valence electrons. The molecule has 2 aromatic rings. The normalized spacial score (nSPS) is 24.6. The van der Waals surface area contributed by atoms with Crippen LogP contribution in [-0.2, 0) is 16.4 Å². The lowest BCUT2D eigenvalue weighted by Crippen LogP contribution is -2.59. The zero-order valence-corrected chi connectivity index (χ0v) is 17.6. The van der Waals surface area contributed by atoms with Gasteiger partial charge in [0, 0.05) is 19.6 Å². The molecule has 2 heterocycles. The van der Waals surface area contributed by atoms with Crippen LogP contribution < -0.4 is 4.72 Å². The zero-order chi connectivity index (χ0) is 20.6. The Morgan fingerprint density at radius 3 is 2.48 bits per heavy atom. The van der Waals surface area contributed by atoms with Crippen LogP contribution in [0.4, 0.5) is 4.79 Å². The molecule has 0 spiro atoms. The van der Waals surface area contributed by atoms with E-state index in [0.717, 1.165) is 29.5 Å². The number of benzene rings is 2. The van der Waals surface area contributed by atoms with Gasteiger partial charge in [-0.15, -0.1) is 0 Å². The van der Waals surface area contributed by atoms with Crippen LogP contribution in [0, 0.1) is 0 Å². The first-order valence-corrected chi connectivity index (χ1v) is 11.9. The highest BCUT2D eigenvalue weighted by molar-refractivity contribution is 7.88. The predicted molar refractivity (Wildman–Crippen MR) is 114 cm³/mol. The summed E-state index contributed by atoms with van der Waals surface area (Å²) in [5.74, 6) is 0. The molecular formula is C22H27N3O3S. The summed E-state index contributed by atoms with van der Waals surface area (Å²) in [6, 6.07) is 18.1. The summed E-state index contributed by atoms with van der Waals surface area (Å²) in [5.41, 5.74) is 3.35. The zero-order valence-electron chi connectivity index (χ0n) is 16.8. The van der Waals surface area contributed by atoms with Crippen molar-refractivity contribution in [1.82, 2.24) is 14.5 Å². The molecule has 0 aromatic heterocycles. The van der Waals surface area contributed by atoms with Gasteiger partial charge in [-0.05, 0) is 36.0 Å². The maximum absolute atomic E-state index is 12.8. The van der Waals surface area contributed by atoms with Crippen LogP contribution in [-0.4, -0.2) is 62.2 Å². The molecule has 2 aliphatic rings. The van der Waals surface area contributed by atoms with E-state index in [0.29, 0.717) is 13.0 Å². The van der Waals surface area contributed by atoms with E-state index in [2.05, 4.69) is 35.1 Å². The molecule has 0 aliphatic carbocycles. The van der Waals surface area contributed by atoms with Crippen LogP contribution in [0.2, 0.25) is 0 Å². The number of rotatable bonds is 5. The molecule has 0 radical (unpaired) electrons. The van der Waals surface area contributed by atoms with Crippen molar-refractivity contribution in [3.8, 4) is 11.1 Å². The van der Waals surface area contributed by atoms with Crippen molar-refractivity contribution in [3.05, 3.63) is 60.2 Å². The van der Waals surface area contributed by atoms with Gasteiger partial charge in [0.05, 0.1) is 18.3 Å². The summed E-state index contributed by atoms with van der Waals surface area (Å²) in [6.07, 6.45) is 3.34. The maximum atomic E-state index is 12.8. The molecule has 7 heteroatoms. The Bertz CT molecular complexity index is 993. The molecule has 0 saturated carbocycles. The van der Waals surface area contributed by atoms with Crippen molar-refractivity contribution < 1.29 is 13.2 Å². The molecule has 29 heavy (non-hydrogen) atoms. The molecule has 6 nitrogen and oxygen atoms in total. The fourth-order valence-electron chi connectivity index (χ4n) is 4.64. The monoisotopic (exact) mass is 413 g/mol. The van der Waals surface area contributed by atoms with Crippen molar-refractivity contribution in [2.24, 2.45) is 0 Å². The first-order chi connectivity index (χ1) is 13.8. The number of amides is 2. The van der Waals surface area contributed by atoms with Crippen LogP contribution >= 0.6 is 0 Å². The molecule has 4 rings (SSSR count). The minimum absolute atomic E-state index is 0.0146. The Hall–Kier alpha value is -2.38. The average Bonchev–Trinajstić information content (AvgIpc) is 2.98. The van der Waals surface area contributed by atoms with Crippen molar-refractivity contribution >= 4 is 16.1 Å². The maximum Gasteiger partial charge on any atom is 0.320 e. The van der Waals surface area contributed by atoms with Crippen LogP contribution in [0.3, 0.4) is 0 Å². The second-order valence-corrected chi connectivity index (χ2v) is 9.92. The summed E-state index contributed by atoms with van der Waals surface area (Å²) < 4.78 is 26.7. The van der Waals surface area contributed by atoms with Gasteiger partial charge in [-0.3, -0.25) is 0 Å². The molecule has 1 N–H and O–H groups in total. The van der Waals surface area contributed by atoms with Gasteiger partial charge in [-0.25, -0.2) is 17.9 Å². The van der Waals surface area contributed by atoms with E-state index in [9.17, 15) is 13.2 Å². The number of nitrogens with zero attached hydrogens (tertiary/aromatic N) is 2. The Labute approximate surface area is 172 Å². The highest BCUT2D eigenvalue weighted by Crippen LogP contribution is 2.32. The van der Waals surface area contributed by atoms with Crippen LogP contribution in [0.1, 0.15) is 18.4 Å². The number of carbonyl (C=O) groups excluding carboxylic acids is 1. The van der Waals surface area contributed by atoms with Crippen LogP contribution in [0.5, 0.6) is 0 Å². The number of carbonyl (C=O) groups is 1. The summed E-state index contributed by atoms with van der Waals surface area (Å²) in [6.45, 7) is 0.699. The molecule has 2 fully saturated rings. The average molecular weight is 414 g/mol. The Morgan fingerprint density at radius 1 is 1.03 bits per heavy atom. The minimum Gasteiger partial charge on any atom is -0.326 e. The van der Waals surface area contributed by atoms with Crippen LogP contribution in [0.15, 0.2) is 54.6 Å². The quantitative estimate of drug-likeness (QED) is 0.819. The standard InChI is InChI=1S/C22H27N3O3S/c1-24-15-19-11-12-20(23-29(2,27)28)21(25(19)22(24)26)14-16-7-6-10-18(13-16)17-8-4-3-5-9-17/h3-10,13,19-21,23H,11-12,14-15H2,1-2H3/t19-,20-,21-/m0/s1. The third kappa shape index (κ3) is 4.31. The van der Waals surface area contributed by atoms with E-state index in [1.54, 1.807) is 4.90 Å². The van der Waals surface area contributed by atoms with Gasteiger partial charge in [0.15, 0.2) is 0 Å². The lowest BCUT2D eigenvalue weighted by atomic mass is 9.88. The highest BCUT2D eigenvalue weighted by Gasteiger charge is 2.46. The first-order valence-electron chi connectivity index (χ1n) is 9.97. The molecule has 3 atom stereocenters. The van der Waals surface area contributed by atoms with Crippen molar-refractivity contribution in [2.75, 3.05) is 19.8 Å². The van der Waals surface area contributed by atoms with Gasteiger partial charge >= 0.3 is 6.03 Å². The Kier molecular flexibility index (Phi) is 5.36. The number of urea groups is 1. The SMILES string of the molecule is CN1C[C@@H]2CC[C@H](NS(C)(=O)=O)[C@H](Cc3cccc(-c4ccccc4)c3)N2C1=O. The van der Waals surface area contributed by atoms with E-state index in [4.69, 9.17) is 0 Å². The Morgan fingerprint density at radius 2 is 1.76 bits per heavy atom. The molecular weight excluding hydrogens is 386 g/mol. The number of fused-ring (bicyclic) bond motifs is 1. The number of hydrogen-bond donors (Lipinski definition) is 1. The fraction of sp³-hybridized carbons (Fsp3) is 0.409. The van der Waals surface area contributed by atoms with Crippen molar-refractivity contribution in [2.45, 2.75) is 37.4 Å². The second kappa shape index (κ2) is 7.80. The molecule has 0 unspecified atom stereocenters. The largest absolute Gasteiger partial charge is 0.326 e. The van der Waals surface area contributed by atoms with Crippen molar-refractivity contribution in [1.29, 1.82) is 0 Å². The van der Waals surface area contributed by atoms with E-state index in [1.807, 2.05) is 36.2 Å². The number of nitrogens with one attached hydrogen (secondary N) is 1. The molecule has 2 saturated heterocycles. The smallest absolute Gasteiger partial charge is 0.320 e. The van der Waals surface area contributed by atoms with Gasteiger partial charge in [-0.1, -0.05) is 54.6 Å². The number of piperidine rings is 1. The number of sulfonamides is 1. The highest BCUT2D eigenvalue weighted by atomic mass is 32.2. The summed E-state index contributed by atoms with van der Waals surface area (Å²) in [5, 5.41) is 0. The van der Waals surface area contributed by atoms with E-state index in [1.165, 1.54) is 6.26 Å². The van der Waals surface area contributed by atoms with E-state index < -0.39 is 10.0 Å². The molecule has 2 aliphatic heterocycles. The van der Waals surface area contributed by atoms with Crippen molar-refractivity contribution in [3.63, 3.8) is 0 Å². The van der Waals surface area contributed by atoms with Gasteiger partial charge in [0.1, 0.15) is 0 Å². The molecule has 2 amide bonds. The third-order valence-electron chi connectivity index (χ3n) is 5.90. The lowest BCUT2D eigenvalue weighted by Gasteiger charge is -2.42. The van der Waals surface area contributed by atoms with Gasteiger partial charge in [0.25, 0.3) is 0 Å². The first kappa shape index (κ1) is 19.9. The lowest BCUT2D eigenvalue weighted by molar-refractivity contribution is 0.119. The Balaban J connectivity index is 1.65. The summed E-state index contributed by atoms with van der Waals surface area (Å²) in [7, 11) is -1.55. The second-order valence-electron chi connectivity index (χ2n) is 8.14. The van der Waals surface area contributed by atoms with Gasteiger partial charge in [0.2, 0.25) is 10.0 Å². The summed E-state index contributed by atoms with van der Waals surface area (Å²) >= 11 is 0. The number of hydrogen-bond acceptors (Lipinski definition) is 3. The summed E-state index contributed by atoms with van der Waals surface area (Å²) in [4.78, 5) is 16.5. The third-order valence-corrected chi connectivity index (χ3v) is 6.63. The van der Waals surface area contributed by atoms with Gasteiger partial charge in [-0.2, -0.15) is 0 Å². The van der Waals surface area contributed by atoms with E-state index >= 15 is 0 Å². The molecule has 0 bridgehead atoms.